The molecule has 0 saturated carbocycles. The molecule has 1 heterocycles. The van der Waals surface area contributed by atoms with Crippen LogP contribution in [0.4, 0.5) is 0 Å². The average Bonchev–Trinajstić information content (AvgIpc) is 2.43. The highest BCUT2D eigenvalue weighted by atomic mass is 35.5. The highest BCUT2D eigenvalue weighted by molar-refractivity contribution is 5.87. The molecule has 1 fully saturated rings. The van der Waals surface area contributed by atoms with E-state index in [1.165, 1.54) is 4.90 Å². The molecule has 1 aliphatic rings. The molecule has 0 aromatic heterocycles. The van der Waals surface area contributed by atoms with Crippen molar-refractivity contribution in [3.63, 3.8) is 0 Å². The number of amides is 2. The third kappa shape index (κ3) is 6.07. The van der Waals surface area contributed by atoms with Crippen LogP contribution in [0, 0.1) is 0 Å². The van der Waals surface area contributed by atoms with Crippen molar-refractivity contribution in [3.8, 4) is 0 Å². The van der Waals surface area contributed by atoms with Gasteiger partial charge in [-0.15, -0.1) is 12.4 Å². The van der Waals surface area contributed by atoms with Gasteiger partial charge in [-0.25, -0.2) is 0 Å². The number of ether oxygens (including phenoxy) is 1. The van der Waals surface area contributed by atoms with E-state index in [1.807, 2.05) is 0 Å². The van der Waals surface area contributed by atoms with Crippen LogP contribution in [0.3, 0.4) is 0 Å². The van der Waals surface area contributed by atoms with Gasteiger partial charge in [-0.1, -0.05) is 6.42 Å². The molecule has 1 N–H and O–H groups in total. The maximum absolute atomic E-state index is 12.4. The highest BCUT2D eigenvalue weighted by Gasteiger charge is 2.27. The molecule has 1 saturated heterocycles. The number of nitrogens with zero attached hydrogens (tertiary/aromatic N) is 2. The maximum atomic E-state index is 12.4. The quantitative estimate of drug-likeness (QED) is 0.757. The van der Waals surface area contributed by atoms with Crippen LogP contribution >= 0.6 is 12.4 Å². The lowest BCUT2D eigenvalue weighted by atomic mass is 10.0. The number of likely N-dealkylation sites (N-methyl/N-ethyl adjacent to an activating group) is 1. The van der Waals surface area contributed by atoms with Crippen molar-refractivity contribution in [2.75, 3.05) is 47.4 Å². The van der Waals surface area contributed by atoms with Gasteiger partial charge in [0.2, 0.25) is 11.8 Å². The Bertz CT molecular complexity index is 307. The molecule has 1 atom stereocenters. The molecule has 1 aliphatic heterocycles. The van der Waals surface area contributed by atoms with Crippen molar-refractivity contribution in [2.45, 2.75) is 25.3 Å². The van der Waals surface area contributed by atoms with E-state index in [9.17, 15) is 9.59 Å². The smallest absolute Gasteiger partial charge is 0.241 e. The Balaban J connectivity index is 0.00000361. The number of halogens is 1. The number of methoxy groups -OCH3 is 1. The van der Waals surface area contributed by atoms with Crippen molar-refractivity contribution in [1.29, 1.82) is 0 Å². The van der Waals surface area contributed by atoms with Crippen LogP contribution in [0.1, 0.15) is 19.3 Å². The maximum Gasteiger partial charge on any atom is 0.241 e. The summed E-state index contributed by atoms with van der Waals surface area (Å²) in [5.74, 6) is -0.0628. The van der Waals surface area contributed by atoms with Gasteiger partial charge < -0.3 is 19.9 Å². The summed E-state index contributed by atoms with van der Waals surface area (Å²) in [5.41, 5.74) is 0. The van der Waals surface area contributed by atoms with Gasteiger partial charge in [0.25, 0.3) is 0 Å². The standard InChI is InChI=1S/C13H25N3O3.ClH/c1-15(2)12(17)10-16(8-9-19-3)13(18)11-6-4-5-7-14-11;/h11,14H,4-10H2,1-3H3;1H/t11-;/m1./s1. The first-order valence-corrected chi connectivity index (χ1v) is 6.77. The fourth-order valence-electron chi connectivity index (χ4n) is 2.06. The van der Waals surface area contributed by atoms with E-state index in [1.54, 1.807) is 26.1 Å². The summed E-state index contributed by atoms with van der Waals surface area (Å²) in [6, 6.07) is -0.152. The second-order valence-electron chi connectivity index (χ2n) is 5.04. The topological polar surface area (TPSA) is 61.9 Å². The molecule has 7 heteroatoms. The van der Waals surface area contributed by atoms with Crippen LogP contribution in [0.25, 0.3) is 0 Å². The number of carbonyl (C=O) groups is 2. The summed E-state index contributed by atoms with van der Waals surface area (Å²) in [7, 11) is 4.98. The molecule has 0 aromatic carbocycles. The fraction of sp³-hybridized carbons (Fsp3) is 0.846. The molecule has 0 aliphatic carbocycles. The highest BCUT2D eigenvalue weighted by Crippen LogP contribution is 2.10. The third-order valence-electron chi connectivity index (χ3n) is 3.31. The minimum atomic E-state index is -0.152. The lowest BCUT2D eigenvalue weighted by Gasteiger charge is -2.30. The molecule has 0 unspecified atom stereocenters. The normalized spacial score (nSPS) is 18.1. The zero-order valence-corrected chi connectivity index (χ0v) is 13.4. The van der Waals surface area contributed by atoms with Gasteiger partial charge in [0.05, 0.1) is 19.2 Å². The summed E-state index contributed by atoms with van der Waals surface area (Å²) in [4.78, 5) is 27.3. The number of hydrogen-bond acceptors (Lipinski definition) is 4. The number of carbonyl (C=O) groups excluding carboxylic acids is 2. The molecule has 0 aromatic rings. The SMILES string of the molecule is COCCN(CC(=O)N(C)C)C(=O)[C@H]1CCCCN1.Cl. The molecular weight excluding hydrogens is 282 g/mol. The van der Waals surface area contributed by atoms with Crippen molar-refractivity contribution in [3.05, 3.63) is 0 Å². The van der Waals surface area contributed by atoms with Crippen LogP contribution in [0.15, 0.2) is 0 Å². The predicted octanol–water partition coefficient (Wildman–Crippen LogP) is 0.114. The molecule has 2 amide bonds. The number of rotatable bonds is 6. The second-order valence-corrected chi connectivity index (χ2v) is 5.04. The summed E-state index contributed by atoms with van der Waals surface area (Å²) >= 11 is 0. The molecule has 6 nitrogen and oxygen atoms in total. The number of hydrogen-bond donors (Lipinski definition) is 1. The Labute approximate surface area is 127 Å². The van der Waals surface area contributed by atoms with E-state index in [-0.39, 0.29) is 36.8 Å². The van der Waals surface area contributed by atoms with E-state index < -0.39 is 0 Å². The molecule has 0 radical (unpaired) electrons. The van der Waals surface area contributed by atoms with Crippen LogP contribution in [-0.4, -0.2) is 75.1 Å². The molecule has 0 spiro atoms. The van der Waals surface area contributed by atoms with Crippen molar-refractivity contribution in [2.24, 2.45) is 0 Å². The largest absolute Gasteiger partial charge is 0.383 e. The Kier molecular flexibility index (Phi) is 9.54. The monoisotopic (exact) mass is 307 g/mol. The minimum Gasteiger partial charge on any atom is -0.383 e. The van der Waals surface area contributed by atoms with E-state index >= 15 is 0 Å². The minimum absolute atomic E-state index is 0. The first-order valence-electron chi connectivity index (χ1n) is 6.77. The van der Waals surface area contributed by atoms with Crippen molar-refractivity contribution >= 4 is 24.2 Å². The van der Waals surface area contributed by atoms with Crippen LogP contribution in [0.2, 0.25) is 0 Å². The Morgan fingerprint density at radius 1 is 1.30 bits per heavy atom. The summed E-state index contributed by atoms with van der Waals surface area (Å²) in [6.07, 6.45) is 3.01. The summed E-state index contributed by atoms with van der Waals surface area (Å²) in [6.45, 7) is 1.88. The van der Waals surface area contributed by atoms with Crippen LogP contribution < -0.4 is 5.32 Å². The molecule has 1 rings (SSSR count). The Morgan fingerprint density at radius 2 is 2.00 bits per heavy atom. The van der Waals surface area contributed by atoms with E-state index in [2.05, 4.69) is 5.32 Å². The predicted molar refractivity (Wildman–Crippen MR) is 80.0 cm³/mol. The molecule has 0 bridgehead atoms. The van der Waals surface area contributed by atoms with Gasteiger partial charge in [0.15, 0.2) is 0 Å². The van der Waals surface area contributed by atoms with Crippen molar-refractivity contribution in [1.82, 2.24) is 15.1 Å². The van der Waals surface area contributed by atoms with Crippen LogP contribution in [-0.2, 0) is 14.3 Å². The van der Waals surface area contributed by atoms with E-state index in [0.29, 0.717) is 13.2 Å². The van der Waals surface area contributed by atoms with Crippen molar-refractivity contribution < 1.29 is 14.3 Å². The fourth-order valence-corrected chi connectivity index (χ4v) is 2.06. The lowest BCUT2D eigenvalue weighted by Crippen LogP contribution is -2.51. The van der Waals surface area contributed by atoms with E-state index in [0.717, 1.165) is 25.8 Å². The first kappa shape index (κ1) is 19.1. The molecular formula is C13H26ClN3O3. The zero-order chi connectivity index (χ0) is 14.3. The van der Waals surface area contributed by atoms with Gasteiger partial charge in [-0.2, -0.15) is 0 Å². The van der Waals surface area contributed by atoms with Crippen LogP contribution in [0.5, 0.6) is 0 Å². The zero-order valence-electron chi connectivity index (χ0n) is 12.6. The lowest BCUT2D eigenvalue weighted by molar-refractivity contribution is -0.141. The number of piperidine rings is 1. The van der Waals surface area contributed by atoms with Gasteiger partial charge in [-0.05, 0) is 19.4 Å². The van der Waals surface area contributed by atoms with Gasteiger partial charge in [-0.3, -0.25) is 9.59 Å². The van der Waals surface area contributed by atoms with Gasteiger partial charge >= 0.3 is 0 Å². The summed E-state index contributed by atoms with van der Waals surface area (Å²) in [5, 5.41) is 3.22. The first-order chi connectivity index (χ1) is 9.06. The van der Waals surface area contributed by atoms with Gasteiger partial charge in [0.1, 0.15) is 0 Å². The van der Waals surface area contributed by atoms with E-state index in [4.69, 9.17) is 4.74 Å². The number of nitrogens with one attached hydrogen (secondary N) is 1. The average molecular weight is 308 g/mol. The Hall–Kier alpha value is -0.850. The molecule has 20 heavy (non-hydrogen) atoms. The second kappa shape index (κ2) is 9.96. The summed E-state index contributed by atoms with van der Waals surface area (Å²) < 4.78 is 5.01. The van der Waals surface area contributed by atoms with Gasteiger partial charge in [0, 0.05) is 27.7 Å². The Morgan fingerprint density at radius 3 is 2.50 bits per heavy atom. The third-order valence-corrected chi connectivity index (χ3v) is 3.31. The molecule has 118 valence electrons.